The summed E-state index contributed by atoms with van der Waals surface area (Å²) in [5, 5.41) is 13.5. The van der Waals surface area contributed by atoms with Crippen LogP contribution in [0.25, 0.3) is 21.3 Å². The highest BCUT2D eigenvalue weighted by molar-refractivity contribution is 7.17. The first-order valence-corrected chi connectivity index (χ1v) is 8.33. The molecule has 6 heteroatoms. The predicted molar refractivity (Wildman–Crippen MR) is 89.7 cm³/mol. The molecule has 4 rings (SSSR count). The molecule has 0 amide bonds. The van der Waals surface area contributed by atoms with E-state index in [0.717, 1.165) is 33.6 Å². The largest absolute Gasteiger partial charge is 0.477 e. The van der Waals surface area contributed by atoms with Gasteiger partial charge in [0.15, 0.2) is 0 Å². The van der Waals surface area contributed by atoms with Crippen LogP contribution in [0.2, 0.25) is 0 Å². The van der Waals surface area contributed by atoms with Crippen molar-refractivity contribution in [2.75, 3.05) is 0 Å². The number of aromatic nitrogens is 2. The minimum Gasteiger partial charge on any atom is -0.477 e. The van der Waals surface area contributed by atoms with Gasteiger partial charge >= 0.3 is 5.97 Å². The molecule has 0 saturated heterocycles. The maximum atomic E-state index is 11.1. The SMILES string of the molecule is O=C(O)c1ccc(-c2cncc3ccc(CNC4CC4)nc23)s1. The molecule has 0 aromatic carbocycles. The number of hydrogen-bond acceptors (Lipinski definition) is 5. The summed E-state index contributed by atoms with van der Waals surface area (Å²) >= 11 is 1.25. The van der Waals surface area contributed by atoms with Gasteiger partial charge in [-0.1, -0.05) is 0 Å². The second-order valence-corrected chi connectivity index (χ2v) is 6.77. The van der Waals surface area contributed by atoms with Crippen molar-refractivity contribution in [2.24, 2.45) is 0 Å². The Balaban J connectivity index is 1.74. The number of rotatable bonds is 5. The van der Waals surface area contributed by atoms with E-state index in [2.05, 4.69) is 10.3 Å². The second kappa shape index (κ2) is 5.72. The van der Waals surface area contributed by atoms with Gasteiger partial charge in [0, 0.05) is 40.8 Å². The average Bonchev–Trinajstić information content (AvgIpc) is 3.26. The zero-order valence-corrected chi connectivity index (χ0v) is 13.1. The molecule has 3 aromatic rings. The first-order valence-electron chi connectivity index (χ1n) is 7.51. The van der Waals surface area contributed by atoms with Crippen molar-refractivity contribution in [3.8, 4) is 10.4 Å². The molecule has 116 valence electrons. The summed E-state index contributed by atoms with van der Waals surface area (Å²) in [6, 6.07) is 8.12. The molecule has 1 aliphatic rings. The van der Waals surface area contributed by atoms with Gasteiger partial charge in [-0.3, -0.25) is 9.97 Å². The molecule has 0 atom stereocenters. The number of fused-ring (bicyclic) bond motifs is 1. The average molecular weight is 325 g/mol. The summed E-state index contributed by atoms with van der Waals surface area (Å²) in [7, 11) is 0. The Morgan fingerprint density at radius 2 is 2.13 bits per heavy atom. The molecular weight excluding hydrogens is 310 g/mol. The van der Waals surface area contributed by atoms with E-state index in [1.54, 1.807) is 18.5 Å². The number of carboxylic acids is 1. The highest BCUT2D eigenvalue weighted by Gasteiger charge is 2.20. The van der Waals surface area contributed by atoms with Gasteiger partial charge in [0.25, 0.3) is 0 Å². The molecule has 0 unspecified atom stereocenters. The zero-order chi connectivity index (χ0) is 15.8. The van der Waals surface area contributed by atoms with Crippen LogP contribution in [0, 0.1) is 0 Å². The van der Waals surface area contributed by atoms with Crippen molar-refractivity contribution in [3.63, 3.8) is 0 Å². The van der Waals surface area contributed by atoms with E-state index in [0.29, 0.717) is 10.9 Å². The summed E-state index contributed by atoms with van der Waals surface area (Å²) in [5.74, 6) is -0.906. The molecule has 0 bridgehead atoms. The van der Waals surface area contributed by atoms with E-state index in [9.17, 15) is 4.79 Å². The minimum absolute atomic E-state index is 0.323. The summed E-state index contributed by atoms with van der Waals surface area (Å²) in [4.78, 5) is 21.3. The normalized spacial score (nSPS) is 14.3. The third-order valence-electron chi connectivity index (χ3n) is 3.89. The van der Waals surface area contributed by atoms with Gasteiger partial charge in [-0.25, -0.2) is 4.79 Å². The maximum absolute atomic E-state index is 11.1. The highest BCUT2D eigenvalue weighted by atomic mass is 32.1. The van der Waals surface area contributed by atoms with Crippen molar-refractivity contribution >= 4 is 28.2 Å². The number of thiophene rings is 1. The number of aromatic carboxylic acids is 1. The molecule has 0 aliphatic heterocycles. The number of pyridine rings is 2. The summed E-state index contributed by atoms with van der Waals surface area (Å²) in [6.45, 7) is 0.757. The van der Waals surface area contributed by atoms with E-state index >= 15 is 0 Å². The van der Waals surface area contributed by atoms with Gasteiger partial charge in [-0.05, 0) is 37.1 Å². The minimum atomic E-state index is -0.906. The number of hydrogen-bond donors (Lipinski definition) is 2. The Hall–Kier alpha value is -2.31. The zero-order valence-electron chi connectivity index (χ0n) is 12.3. The molecule has 5 nitrogen and oxygen atoms in total. The Morgan fingerprint density at radius 3 is 2.87 bits per heavy atom. The Bertz CT molecular complexity index is 886. The van der Waals surface area contributed by atoms with Crippen molar-refractivity contribution in [1.29, 1.82) is 0 Å². The molecule has 0 radical (unpaired) electrons. The molecular formula is C17H15N3O2S. The van der Waals surface area contributed by atoms with E-state index < -0.39 is 5.97 Å². The fourth-order valence-electron chi connectivity index (χ4n) is 2.50. The molecule has 1 aliphatic carbocycles. The molecule has 0 spiro atoms. The molecule has 2 N–H and O–H groups in total. The Labute approximate surface area is 137 Å². The third-order valence-corrected chi connectivity index (χ3v) is 4.99. The van der Waals surface area contributed by atoms with Gasteiger partial charge in [-0.2, -0.15) is 0 Å². The lowest BCUT2D eigenvalue weighted by Crippen LogP contribution is -2.16. The Kier molecular flexibility index (Phi) is 3.55. The molecule has 23 heavy (non-hydrogen) atoms. The highest BCUT2D eigenvalue weighted by Crippen LogP contribution is 2.32. The van der Waals surface area contributed by atoms with E-state index in [4.69, 9.17) is 10.1 Å². The number of nitrogens with zero attached hydrogens (tertiary/aromatic N) is 2. The fraction of sp³-hybridized carbons (Fsp3) is 0.235. The van der Waals surface area contributed by atoms with Gasteiger partial charge in [0.1, 0.15) is 4.88 Å². The number of carboxylic acid groups (broad SMARTS) is 1. The first-order chi connectivity index (χ1) is 11.2. The van der Waals surface area contributed by atoms with Crippen LogP contribution < -0.4 is 5.32 Å². The summed E-state index contributed by atoms with van der Waals surface area (Å²) < 4.78 is 0. The second-order valence-electron chi connectivity index (χ2n) is 5.69. The van der Waals surface area contributed by atoms with Gasteiger partial charge in [0.2, 0.25) is 0 Å². The van der Waals surface area contributed by atoms with Crippen LogP contribution in [0.15, 0.2) is 36.7 Å². The van der Waals surface area contributed by atoms with Crippen LogP contribution >= 0.6 is 11.3 Å². The lowest BCUT2D eigenvalue weighted by molar-refractivity contribution is 0.0702. The van der Waals surface area contributed by atoms with Crippen molar-refractivity contribution in [1.82, 2.24) is 15.3 Å². The van der Waals surface area contributed by atoms with Crippen molar-refractivity contribution < 1.29 is 9.90 Å². The maximum Gasteiger partial charge on any atom is 0.345 e. The topological polar surface area (TPSA) is 75.1 Å². The molecule has 1 fully saturated rings. The predicted octanol–water partition coefficient (Wildman–Crippen LogP) is 3.31. The van der Waals surface area contributed by atoms with E-state index in [1.807, 2.05) is 18.2 Å². The monoisotopic (exact) mass is 325 g/mol. The summed E-state index contributed by atoms with van der Waals surface area (Å²) in [5.41, 5.74) is 2.74. The van der Waals surface area contributed by atoms with Crippen molar-refractivity contribution in [2.45, 2.75) is 25.4 Å². The smallest absolute Gasteiger partial charge is 0.345 e. The van der Waals surface area contributed by atoms with E-state index in [-0.39, 0.29) is 0 Å². The van der Waals surface area contributed by atoms with Crippen LogP contribution in [0.5, 0.6) is 0 Å². The standard InChI is InChI=1S/C17H15N3O2S/c21-17(22)15-6-5-14(23-15)13-9-18-7-10-1-2-12(20-16(10)13)8-19-11-3-4-11/h1-2,5-7,9,11,19H,3-4,8H2,(H,21,22). The third kappa shape index (κ3) is 2.95. The van der Waals surface area contributed by atoms with Crippen LogP contribution in [0.1, 0.15) is 28.2 Å². The lowest BCUT2D eigenvalue weighted by Gasteiger charge is -2.07. The number of carbonyl (C=O) groups is 1. The van der Waals surface area contributed by atoms with Gasteiger partial charge < -0.3 is 10.4 Å². The van der Waals surface area contributed by atoms with Crippen LogP contribution in [0.3, 0.4) is 0 Å². The first kappa shape index (κ1) is 14.3. The summed E-state index contributed by atoms with van der Waals surface area (Å²) in [6.07, 6.45) is 6.03. The lowest BCUT2D eigenvalue weighted by atomic mass is 10.1. The molecule has 1 saturated carbocycles. The van der Waals surface area contributed by atoms with Crippen LogP contribution in [-0.2, 0) is 6.54 Å². The quantitative estimate of drug-likeness (QED) is 0.753. The van der Waals surface area contributed by atoms with Gasteiger partial charge in [0.05, 0.1) is 11.2 Å². The van der Waals surface area contributed by atoms with Crippen molar-refractivity contribution in [3.05, 3.63) is 47.2 Å². The fourth-order valence-corrected chi connectivity index (χ4v) is 3.35. The molecule has 3 aromatic heterocycles. The Morgan fingerprint density at radius 1 is 1.26 bits per heavy atom. The van der Waals surface area contributed by atoms with Crippen LogP contribution in [0.4, 0.5) is 0 Å². The number of nitrogens with one attached hydrogen (secondary N) is 1. The molecule has 3 heterocycles. The van der Waals surface area contributed by atoms with E-state index in [1.165, 1.54) is 24.2 Å². The van der Waals surface area contributed by atoms with Crippen LogP contribution in [-0.4, -0.2) is 27.1 Å². The van der Waals surface area contributed by atoms with Gasteiger partial charge in [-0.15, -0.1) is 11.3 Å².